The van der Waals surface area contributed by atoms with E-state index in [1.807, 2.05) is 0 Å². The number of thioether (sulfide) groups is 2. The zero-order chi connectivity index (χ0) is 17.5. The van der Waals surface area contributed by atoms with Crippen molar-refractivity contribution < 1.29 is 5.11 Å². The summed E-state index contributed by atoms with van der Waals surface area (Å²) in [5.41, 5.74) is 5.35. The summed E-state index contributed by atoms with van der Waals surface area (Å²) in [6.07, 6.45) is 5.76. The van der Waals surface area contributed by atoms with Crippen LogP contribution in [-0.2, 0) is 4.08 Å². The van der Waals surface area contributed by atoms with E-state index in [1.54, 1.807) is 0 Å². The zero-order valence-corrected chi connectivity index (χ0v) is 16.7. The second-order valence-corrected chi connectivity index (χ2v) is 9.83. The van der Waals surface area contributed by atoms with Crippen molar-refractivity contribution in [1.82, 2.24) is 0 Å². The van der Waals surface area contributed by atoms with Gasteiger partial charge in [0.1, 0.15) is 7.85 Å². The number of aliphatic hydroxyl groups excluding tert-OH is 1. The highest BCUT2D eigenvalue weighted by Crippen LogP contribution is 2.53. The highest BCUT2D eigenvalue weighted by molar-refractivity contribution is 8.18. The van der Waals surface area contributed by atoms with E-state index in [0.717, 1.165) is 12.8 Å². The monoisotopic (exact) mass is 370 g/mol. The first-order chi connectivity index (χ1) is 12.2. The maximum absolute atomic E-state index is 9.03. The molecule has 25 heavy (non-hydrogen) atoms. The number of hydrogen-bond donors (Lipinski definition) is 1. The van der Waals surface area contributed by atoms with Crippen LogP contribution in [-0.4, -0.2) is 31.1 Å². The van der Waals surface area contributed by atoms with Crippen LogP contribution >= 0.6 is 23.5 Å². The largest absolute Gasteiger partial charge is 0.396 e. The van der Waals surface area contributed by atoms with E-state index in [0.29, 0.717) is 6.61 Å². The van der Waals surface area contributed by atoms with E-state index >= 15 is 0 Å². The molecule has 1 fully saturated rings. The number of aliphatic hydroxyl groups is 1. The standard InChI is InChI=1S/C21H27BOS2/c22-20-11-7-18(8-12-20)17-5-9-19(10-6-17)21(13-2-1-3-14-23)24-15-4-16-25-21/h5-12,23H,1-4,13-16,22H2. The van der Waals surface area contributed by atoms with Gasteiger partial charge < -0.3 is 5.11 Å². The average molecular weight is 370 g/mol. The second kappa shape index (κ2) is 9.20. The van der Waals surface area contributed by atoms with Gasteiger partial charge in [-0.25, -0.2) is 0 Å². The summed E-state index contributed by atoms with van der Waals surface area (Å²) in [6.45, 7) is 0.318. The average Bonchev–Trinajstić information content (AvgIpc) is 2.67. The molecular weight excluding hydrogens is 343 g/mol. The molecule has 1 nitrogen and oxygen atoms in total. The van der Waals surface area contributed by atoms with Crippen LogP contribution < -0.4 is 5.46 Å². The normalized spacial score (nSPS) is 16.7. The summed E-state index contributed by atoms with van der Waals surface area (Å²) in [7, 11) is 2.13. The first-order valence-corrected chi connectivity index (χ1v) is 11.3. The minimum atomic E-state index is 0.208. The Morgan fingerprint density at radius 3 is 2.04 bits per heavy atom. The summed E-state index contributed by atoms with van der Waals surface area (Å²) < 4.78 is 0.208. The van der Waals surface area contributed by atoms with Gasteiger partial charge in [0.15, 0.2) is 0 Å². The first-order valence-electron chi connectivity index (χ1n) is 9.30. The molecule has 4 heteroatoms. The molecule has 1 N–H and O–H groups in total. The second-order valence-electron chi connectivity index (χ2n) is 6.78. The van der Waals surface area contributed by atoms with Crippen molar-refractivity contribution in [1.29, 1.82) is 0 Å². The van der Waals surface area contributed by atoms with Crippen molar-refractivity contribution in [2.24, 2.45) is 0 Å². The van der Waals surface area contributed by atoms with Crippen molar-refractivity contribution in [3.05, 3.63) is 54.1 Å². The van der Waals surface area contributed by atoms with Gasteiger partial charge in [-0.05, 0) is 47.5 Å². The molecule has 0 aliphatic carbocycles. The van der Waals surface area contributed by atoms with E-state index in [9.17, 15) is 0 Å². The Bertz CT molecular complexity index is 649. The van der Waals surface area contributed by atoms with Gasteiger partial charge in [0, 0.05) is 6.61 Å². The lowest BCUT2D eigenvalue weighted by atomic mass is 9.93. The van der Waals surface area contributed by atoms with Crippen molar-refractivity contribution in [2.75, 3.05) is 18.1 Å². The number of benzene rings is 2. The third kappa shape index (κ3) is 4.87. The van der Waals surface area contributed by atoms with Crippen molar-refractivity contribution >= 4 is 36.8 Å². The molecule has 2 aromatic carbocycles. The molecule has 0 aromatic heterocycles. The van der Waals surface area contributed by atoms with Gasteiger partial charge in [-0.3, -0.25) is 0 Å². The summed E-state index contributed by atoms with van der Waals surface area (Å²) in [4.78, 5) is 0. The number of hydrogen-bond acceptors (Lipinski definition) is 3. The van der Waals surface area contributed by atoms with Crippen LogP contribution in [0.2, 0.25) is 0 Å². The molecule has 0 atom stereocenters. The molecule has 0 unspecified atom stereocenters. The van der Waals surface area contributed by atoms with Crippen LogP contribution in [0.25, 0.3) is 11.1 Å². The van der Waals surface area contributed by atoms with Gasteiger partial charge in [-0.2, -0.15) is 0 Å². The molecule has 1 aliphatic heterocycles. The molecule has 1 aliphatic rings. The summed E-state index contributed by atoms with van der Waals surface area (Å²) in [6, 6.07) is 18.0. The zero-order valence-electron chi connectivity index (χ0n) is 15.0. The Balaban J connectivity index is 1.77. The fourth-order valence-corrected chi connectivity index (χ4v) is 6.77. The molecule has 1 saturated heterocycles. The van der Waals surface area contributed by atoms with Crippen LogP contribution in [0.4, 0.5) is 0 Å². The molecule has 0 bridgehead atoms. The smallest absolute Gasteiger partial charge is 0.139 e. The Labute approximate surface area is 161 Å². The topological polar surface area (TPSA) is 20.2 Å². The number of rotatable bonds is 7. The molecule has 0 saturated carbocycles. The Morgan fingerprint density at radius 2 is 1.44 bits per heavy atom. The predicted molar refractivity (Wildman–Crippen MR) is 117 cm³/mol. The quantitative estimate of drug-likeness (QED) is 0.583. The lowest BCUT2D eigenvalue weighted by Crippen LogP contribution is -2.22. The maximum Gasteiger partial charge on any atom is 0.139 e. The van der Waals surface area contributed by atoms with E-state index in [4.69, 9.17) is 5.11 Å². The molecule has 0 spiro atoms. The summed E-state index contributed by atoms with van der Waals surface area (Å²) >= 11 is 4.25. The highest BCUT2D eigenvalue weighted by atomic mass is 32.2. The first kappa shape index (κ1) is 18.9. The van der Waals surface area contributed by atoms with Crippen LogP contribution in [0.1, 0.15) is 37.7 Å². The lowest BCUT2D eigenvalue weighted by Gasteiger charge is -2.37. The summed E-state index contributed by atoms with van der Waals surface area (Å²) in [5, 5.41) is 9.03. The summed E-state index contributed by atoms with van der Waals surface area (Å²) in [5.74, 6) is 2.51. The van der Waals surface area contributed by atoms with Gasteiger partial charge >= 0.3 is 0 Å². The van der Waals surface area contributed by atoms with Gasteiger partial charge in [0.05, 0.1) is 4.08 Å². The Kier molecular flexibility index (Phi) is 6.97. The minimum absolute atomic E-state index is 0.208. The van der Waals surface area contributed by atoms with Crippen LogP contribution in [0.15, 0.2) is 48.5 Å². The van der Waals surface area contributed by atoms with E-state index in [2.05, 4.69) is 79.9 Å². The van der Waals surface area contributed by atoms with E-state index in [1.165, 1.54) is 52.9 Å². The lowest BCUT2D eigenvalue weighted by molar-refractivity contribution is 0.282. The molecule has 0 amide bonds. The molecule has 132 valence electrons. The minimum Gasteiger partial charge on any atom is -0.396 e. The van der Waals surface area contributed by atoms with Crippen LogP contribution in [0.5, 0.6) is 0 Å². The van der Waals surface area contributed by atoms with Crippen molar-refractivity contribution in [3.8, 4) is 11.1 Å². The fourth-order valence-electron chi connectivity index (χ4n) is 3.34. The van der Waals surface area contributed by atoms with Gasteiger partial charge in [-0.15, -0.1) is 23.5 Å². The Morgan fingerprint density at radius 1 is 0.840 bits per heavy atom. The van der Waals surface area contributed by atoms with Crippen LogP contribution in [0.3, 0.4) is 0 Å². The van der Waals surface area contributed by atoms with Gasteiger partial charge in [0.2, 0.25) is 0 Å². The highest BCUT2D eigenvalue weighted by Gasteiger charge is 2.34. The van der Waals surface area contributed by atoms with Crippen molar-refractivity contribution in [2.45, 2.75) is 36.2 Å². The maximum atomic E-state index is 9.03. The predicted octanol–water partition coefficient (Wildman–Crippen LogP) is 4.19. The van der Waals surface area contributed by atoms with Crippen molar-refractivity contribution in [3.63, 3.8) is 0 Å². The van der Waals surface area contributed by atoms with Gasteiger partial charge in [0.25, 0.3) is 0 Å². The van der Waals surface area contributed by atoms with Gasteiger partial charge in [-0.1, -0.05) is 66.8 Å². The Hall–Kier alpha value is -0.835. The third-order valence-corrected chi connectivity index (χ3v) is 8.34. The molecule has 3 rings (SSSR count). The third-order valence-electron chi connectivity index (χ3n) is 4.83. The number of unbranched alkanes of at least 4 members (excludes halogenated alkanes) is 2. The molecule has 2 aromatic rings. The van der Waals surface area contributed by atoms with Crippen LogP contribution in [0, 0.1) is 0 Å². The fraction of sp³-hybridized carbons (Fsp3) is 0.429. The molecule has 0 radical (unpaired) electrons. The van der Waals surface area contributed by atoms with E-state index < -0.39 is 0 Å². The SMILES string of the molecule is Bc1ccc(-c2ccc(C3(CCCCCO)SCCCS3)cc2)cc1. The molecular formula is C21H27BOS2. The van der Waals surface area contributed by atoms with E-state index in [-0.39, 0.29) is 4.08 Å². The molecule has 1 heterocycles.